The highest BCUT2D eigenvalue weighted by atomic mass is 19.1. The molecule has 2 fully saturated rings. The number of piperazine rings is 1. The monoisotopic (exact) mass is 472 g/mol. The van der Waals surface area contributed by atoms with Crippen molar-refractivity contribution in [3.05, 3.63) is 89.4 Å². The molecule has 2 aliphatic rings. The van der Waals surface area contributed by atoms with Crippen molar-refractivity contribution in [2.45, 2.75) is 38.1 Å². The molecule has 2 aromatic carbocycles. The Morgan fingerprint density at radius 2 is 1.66 bits per heavy atom. The van der Waals surface area contributed by atoms with Gasteiger partial charge < -0.3 is 14.7 Å². The SMILES string of the molecule is Cc1ccc(C2(C(=O)N(Cc3ccc(N4CCN(C)CC4)nc3)c3ccc(F)cc3)CCC2)cc1. The largest absolute Gasteiger partial charge is 0.354 e. The summed E-state index contributed by atoms with van der Waals surface area (Å²) in [5.41, 5.74) is 3.37. The number of amides is 1. The number of likely N-dealkylation sites (N-methyl/N-ethyl adjacent to an activating group) is 1. The molecule has 6 heteroatoms. The van der Waals surface area contributed by atoms with E-state index in [0.717, 1.165) is 62.4 Å². The maximum Gasteiger partial charge on any atom is 0.237 e. The van der Waals surface area contributed by atoms with E-state index in [1.165, 1.54) is 17.7 Å². The van der Waals surface area contributed by atoms with Crippen molar-refractivity contribution in [3.63, 3.8) is 0 Å². The summed E-state index contributed by atoms with van der Waals surface area (Å²) >= 11 is 0. The molecule has 1 aliphatic carbocycles. The molecular formula is C29H33FN4O. The fraction of sp³-hybridized carbons (Fsp3) is 0.379. The summed E-state index contributed by atoms with van der Waals surface area (Å²) in [4.78, 5) is 25.3. The summed E-state index contributed by atoms with van der Waals surface area (Å²) in [6, 6.07) is 18.7. The number of aryl methyl sites for hydroxylation is 1. The van der Waals surface area contributed by atoms with Crippen LogP contribution >= 0.6 is 0 Å². The van der Waals surface area contributed by atoms with Gasteiger partial charge in [0.2, 0.25) is 5.91 Å². The second-order valence-corrected chi connectivity index (χ2v) is 9.98. The van der Waals surface area contributed by atoms with Gasteiger partial charge >= 0.3 is 0 Å². The van der Waals surface area contributed by atoms with Crippen LogP contribution in [0.1, 0.15) is 36.0 Å². The Balaban J connectivity index is 1.42. The van der Waals surface area contributed by atoms with E-state index in [1.54, 1.807) is 12.1 Å². The van der Waals surface area contributed by atoms with E-state index in [4.69, 9.17) is 4.98 Å². The van der Waals surface area contributed by atoms with Crippen LogP contribution in [0.25, 0.3) is 0 Å². The summed E-state index contributed by atoms with van der Waals surface area (Å²) in [6.45, 7) is 6.43. The molecule has 1 saturated carbocycles. The van der Waals surface area contributed by atoms with E-state index in [9.17, 15) is 9.18 Å². The Hall–Kier alpha value is -3.25. The van der Waals surface area contributed by atoms with Gasteiger partial charge in [-0.25, -0.2) is 9.37 Å². The number of halogens is 1. The maximum atomic E-state index is 14.2. The zero-order valence-corrected chi connectivity index (χ0v) is 20.6. The third-order valence-electron chi connectivity index (χ3n) is 7.58. The molecule has 35 heavy (non-hydrogen) atoms. The third kappa shape index (κ3) is 4.80. The van der Waals surface area contributed by atoms with Crippen LogP contribution in [0.3, 0.4) is 0 Å². The molecule has 0 spiro atoms. The number of carbonyl (C=O) groups is 1. The van der Waals surface area contributed by atoms with Gasteiger partial charge in [0.1, 0.15) is 11.6 Å². The molecule has 0 radical (unpaired) electrons. The molecule has 0 bridgehead atoms. The van der Waals surface area contributed by atoms with E-state index >= 15 is 0 Å². The number of pyridine rings is 1. The minimum atomic E-state index is -0.532. The first-order valence-corrected chi connectivity index (χ1v) is 12.5. The first-order valence-electron chi connectivity index (χ1n) is 12.5. The number of hydrogen-bond acceptors (Lipinski definition) is 4. The minimum Gasteiger partial charge on any atom is -0.354 e. The Morgan fingerprint density at radius 1 is 0.971 bits per heavy atom. The molecule has 2 heterocycles. The Labute approximate surface area is 207 Å². The van der Waals surface area contributed by atoms with Crippen LogP contribution in [0.4, 0.5) is 15.9 Å². The summed E-state index contributed by atoms with van der Waals surface area (Å²) < 4.78 is 13.7. The molecule has 3 aromatic rings. The van der Waals surface area contributed by atoms with Gasteiger partial charge in [0.05, 0.1) is 12.0 Å². The molecule has 1 aromatic heterocycles. The van der Waals surface area contributed by atoms with Gasteiger partial charge in [-0.15, -0.1) is 0 Å². The smallest absolute Gasteiger partial charge is 0.237 e. The van der Waals surface area contributed by atoms with Gasteiger partial charge in [-0.2, -0.15) is 0 Å². The molecule has 0 unspecified atom stereocenters. The minimum absolute atomic E-state index is 0.0716. The third-order valence-corrected chi connectivity index (χ3v) is 7.58. The van der Waals surface area contributed by atoms with Gasteiger partial charge in [0.15, 0.2) is 0 Å². The predicted molar refractivity (Wildman–Crippen MR) is 138 cm³/mol. The summed E-state index contributed by atoms with van der Waals surface area (Å²) in [5, 5.41) is 0. The van der Waals surface area contributed by atoms with Crippen LogP contribution in [-0.2, 0) is 16.8 Å². The molecule has 1 saturated heterocycles. The molecule has 1 aliphatic heterocycles. The van der Waals surface area contributed by atoms with Crippen molar-refractivity contribution in [1.29, 1.82) is 0 Å². The number of hydrogen-bond donors (Lipinski definition) is 0. The van der Waals surface area contributed by atoms with Crippen LogP contribution in [0.2, 0.25) is 0 Å². The number of aromatic nitrogens is 1. The lowest BCUT2D eigenvalue weighted by Gasteiger charge is -2.44. The summed E-state index contributed by atoms with van der Waals surface area (Å²) in [7, 11) is 2.14. The standard InChI is InChI=1S/C29H33FN4O/c1-22-4-7-24(8-5-22)29(14-3-15-29)28(35)34(26-11-9-25(30)10-12-26)21-23-6-13-27(31-20-23)33-18-16-32(2)17-19-33/h4-13,20H,3,14-19,21H2,1-2H3. The van der Waals surface area contributed by atoms with Gasteiger partial charge in [0, 0.05) is 38.1 Å². The highest BCUT2D eigenvalue weighted by Crippen LogP contribution is 2.46. The predicted octanol–water partition coefficient (Wildman–Crippen LogP) is 4.94. The fourth-order valence-electron chi connectivity index (χ4n) is 5.10. The molecule has 182 valence electrons. The fourth-order valence-corrected chi connectivity index (χ4v) is 5.10. The lowest BCUT2D eigenvalue weighted by atomic mass is 9.63. The van der Waals surface area contributed by atoms with Gasteiger partial charge in [-0.3, -0.25) is 4.79 Å². The van der Waals surface area contributed by atoms with Crippen LogP contribution in [-0.4, -0.2) is 49.0 Å². The lowest BCUT2D eigenvalue weighted by Crippen LogP contribution is -2.51. The van der Waals surface area contributed by atoms with E-state index in [0.29, 0.717) is 12.2 Å². The second-order valence-electron chi connectivity index (χ2n) is 9.98. The summed E-state index contributed by atoms with van der Waals surface area (Å²) in [5.74, 6) is 0.732. The molecular weight excluding hydrogens is 439 g/mol. The lowest BCUT2D eigenvalue weighted by molar-refractivity contribution is -0.127. The van der Waals surface area contributed by atoms with Gasteiger partial charge in [-0.05, 0) is 68.3 Å². The Morgan fingerprint density at radius 3 is 2.23 bits per heavy atom. The van der Waals surface area contributed by atoms with Gasteiger partial charge in [-0.1, -0.05) is 42.3 Å². The number of rotatable bonds is 6. The van der Waals surface area contributed by atoms with Crippen LogP contribution in [0, 0.1) is 12.7 Å². The maximum absolute atomic E-state index is 14.2. The van der Waals surface area contributed by atoms with Crippen LogP contribution in [0.5, 0.6) is 0 Å². The van der Waals surface area contributed by atoms with Crippen molar-refractivity contribution in [3.8, 4) is 0 Å². The highest BCUT2D eigenvalue weighted by Gasteiger charge is 2.48. The first kappa shape index (κ1) is 23.5. The quantitative estimate of drug-likeness (QED) is 0.510. The normalized spacial score (nSPS) is 17.6. The summed E-state index contributed by atoms with van der Waals surface area (Å²) in [6.07, 6.45) is 4.55. The number of benzene rings is 2. The van der Waals surface area contributed by atoms with E-state index in [2.05, 4.69) is 54.1 Å². The highest BCUT2D eigenvalue weighted by molar-refractivity contribution is 6.01. The zero-order chi connectivity index (χ0) is 24.4. The molecule has 5 nitrogen and oxygen atoms in total. The van der Waals surface area contributed by atoms with Crippen molar-refractivity contribution in [2.24, 2.45) is 0 Å². The molecule has 0 atom stereocenters. The van der Waals surface area contributed by atoms with E-state index in [-0.39, 0.29) is 11.7 Å². The van der Waals surface area contributed by atoms with E-state index < -0.39 is 5.41 Å². The average Bonchev–Trinajstić information content (AvgIpc) is 2.84. The van der Waals surface area contributed by atoms with E-state index in [1.807, 2.05) is 17.2 Å². The topological polar surface area (TPSA) is 39.7 Å². The number of nitrogens with zero attached hydrogens (tertiary/aromatic N) is 4. The molecule has 0 N–H and O–H groups in total. The van der Waals surface area contributed by atoms with Crippen LogP contribution < -0.4 is 9.80 Å². The Bertz CT molecular complexity index is 1150. The van der Waals surface area contributed by atoms with Crippen molar-refractivity contribution >= 4 is 17.4 Å². The van der Waals surface area contributed by atoms with Crippen molar-refractivity contribution < 1.29 is 9.18 Å². The zero-order valence-electron chi connectivity index (χ0n) is 20.6. The first-order chi connectivity index (χ1) is 16.9. The molecule has 5 rings (SSSR count). The van der Waals surface area contributed by atoms with Crippen molar-refractivity contribution in [2.75, 3.05) is 43.0 Å². The number of carbonyl (C=O) groups excluding carboxylic acids is 1. The Kier molecular flexibility index (Phi) is 6.56. The average molecular weight is 473 g/mol. The number of anilines is 2. The molecule has 1 amide bonds. The van der Waals surface area contributed by atoms with Crippen molar-refractivity contribution in [1.82, 2.24) is 9.88 Å². The van der Waals surface area contributed by atoms with Crippen LogP contribution in [0.15, 0.2) is 66.9 Å². The van der Waals surface area contributed by atoms with Gasteiger partial charge in [0.25, 0.3) is 0 Å². The second kappa shape index (κ2) is 9.78.